The average molecular weight is 599 g/mol. The molecule has 1 saturated heterocycles. The van der Waals surface area contributed by atoms with Crippen LogP contribution in [-0.2, 0) is 10.2 Å². The monoisotopic (exact) mass is 598 g/mol. The van der Waals surface area contributed by atoms with Crippen LogP contribution in [0, 0.1) is 0 Å². The number of fused-ring (bicyclic) bond motifs is 1. The number of carbonyl (C=O) groups excluding carboxylic acids is 2. The van der Waals surface area contributed by atoms with Crippen LogP contribution in [-0.4, -0.2) is 56.4 Å². The molecule has 0 saturated carbocycles. The molecular weight excluding hydrogens is 556 g/mol. The molecule has 10 nitrogen and oxygen atoms in total. The van der Waals surface area contributed by atoms with Crippen LogP contribution in [0.4, 0.5) is 22.0 Å². The van der Waals surface area contributed by atoms with Gasteiger partial charge in [-0.15, -0.1) is 0 Å². The van der Waals surface area contributed by atoms with Crippen LogP contribution >= 0.6 is 0 Å². The fourth-order valence-corrected chi connectivity index (χ4v) is 5.46. The van der Waals surface area contributed by atoms with Crippen molar-refractivity contribution >= 4 is 40.1 Å². The molecule has 2 aromatic carbocycles. The third-order valence-electron chi connectivity index (χ3n) is 7.59. The Bertz CT molecular complexity index is 1650. The lowest BCUT2D eigenvalue weighted by molar-refractivity contribution is 0.0110. The van der Waals surface area contributed by atoms with Crippen molar-refractivity contribution in [3.8, 4) is 5.75 Å². The molecule has 0 radical (unpaired) electrons. The molecule has 3 N–H and O–H groups in total. The van der Waals surface area contributed by atoms with Crippen LogP contribution in [0.15, 0.2) is 60.9 Å². The van der Waals surface area contributed by atoms with E-state index in [1.807, 2.05) is 64.1 Å². The van der Waals surface area contributed by atoms with Gasteiger partial charge in [0.15, 0.2) is 0 Å². The molecule has 10 heteroatoms. The fourth-order valence-electron chi connectivity index (χ4n) is 5.46. The van der Waals surface area contributed by atoms with Gasteiger partial charge in [-0.1, -0.05) is 26.8 Å². The number of ether oxygens (including phenoxy) is 2. The largest absolute Gasteiger partial charge is 0.488 e. The summed E-state index contributed by atoms with van der Waals surface area (Å²) in [5.74, 6) is 0.789. The first-order valence-electron chi connectivity index (χ1n) is 15.1. The highest BCUT2D eigenvalue weighted by molar-refractivity contribution is 6.08. The molecule has 1 aliphatic rings. The van der Waals surface area contributed by atoms with Crippen molar-refractivity contribution in [3.05, 3.63) is 72.1 Å². The Morgan fingerprint density at radius 2 is 1.82 bits per heavy atom. The van der Waals surface area contributed by atoms with Crippen LogP contribution in [0.1, 0.15) is 77.2 Å². The van der Waals surface area contributed by atoms with Gasteiger partial charge in [-0.3, -0.25) is 9.89 Å². The summed E-state index contributed by atoms with van der Waals surface area (Å²) in [6.45, 7) is 14.6. The standard InChI is InChI=1S/C34H42N6O4/c1-21(28-11-9-17-40(28)32(42)44-34(5,6)7)43-29-19-24(14-15-26(29)33(2,3)4)38-31(41)25-10-8-16-35-30(25)37-23-13-12-22-20-36-39-27(22)18-23/h8,10,12-16,18-21,28H,9,11,17H2,1-7H3,(H,35,37)(H,36,39)(H,38,41). The summed E-state index contributed by atoms with van der Waals surface area (Å²) in [6.07, 6.45) is 4.50. The Balaban J connectivity index is 1.35. The second-order valence-corrected chi connectivity index (χ2v) is 13.3. The average Bonchev–Trinajstić information content (AvgIpc) is 3.62. The summed E-state index contributed by atoms with van der Waals surface area (Å²) in [7, 11) is 0. The number of carbonyl (C=O) groups is 2. The molecule has 2 amide bonds. The van der Waals surface area contributed by atoms with E-state index < -0.39 is 5.60 Å². The smallest absolute Gasteiger partial charge is 0.410 e. The summed E-state index contributed by atoms with van der Waals surface area (Å²) in [4.78, 5) is 32.7. The number of anilines is 3. The van der Waals surface area contributed by atoms with Gasteiger partial charge in [0.1, 0.15) is 23.3 Å². The number of amides is 2. The van der Waals surface area contributed by atoms with E-state index in [2.05, 4.69) is 46.6 Å². The topological polar surface area (TPSA) is 121 Å². The maximum atomic E-state index is 13.5. The summed E-state index contributed by atoms with van der Waals surface area (Å²) in [5.41, 5.74) is 2.86. The SMILES string of the molecule is CC(Oc1cc(NC(=O)c2cccnc2Nc2ccc3cn[nH]c3c2)ccc1C(C)(C)C)C1CCCN1C(=O)OC(C)(C)C. The molecule has 2 unspecified atom stereocenters. The number of pyridine rings is 1. The van der Waals surface area contributed by atoms with Crippen molar-refractivity contribution in [1.82, 2.24) is 20.1 Å². The molecule has 4 aromatic rings. The minimum atomic E-state index is -0.572. The molecule has 1 aliphatic heterocycles. The van der Waals surface area contributed by atoms with Crippen LogP contribution < -0.4 is 15.4 Å². The number of aromatic amines is 1. The number of aromatic nitrogens is 3. The molecule has 0 spiro atoms. The van der Waals surface area contributed by atoms with E-state index >= 15 is 0 Å². The number of likely N-dealkylation sites (tertiary alicyclic amines) is 1. The van der Waals surface area contributed by atoms with E-state index in [1.54, 1.807) is 29.4 Å². The molecule has 0 aliphatic carbocycles. The van der Waals surface area contributed by atoms with Crippen LogP contribution in [0.3, 0.4) is 0 Å². The maximum absolute atomic E-state index is 13.5. The predicted molar refractivity (Wildman–Crippen MR) is 173 cm³/mol. The zero-order valence-corrected chi connectivity index (χ0v) is 26.5. The van der Waals surface area contributed by atoms with Gasteiger partial charge in [-0.25, -0.2) is 9.78 Å². The summed E-state index contributed by atoms with van der Waals surface area (Å²) in [6, 6.07) is 14.8. The highest BCUT2D eigenvalue weighted by atomic mass is 16.6. The highest BCUT2D eigenvalue weighted by Gasteiger charge is 2.37. The van der Waals surface area contributed by atoms with Gasteiger partial charge in [-0.2, -0.15) is 5.10 Å². The van der Waals surface area contributed by atoms with E-state index in [0.717, 1.165) is 35.0 Å². The molecule has 44 heavy (non-hydrogen) atoms. The molecule has 0 bridgehead atoms. The van der Waals surface area contributed by atoms with Gasteiger partial charge in [0.25, 0.3) is 5.91 Å². The number of nitrogens with one attached hydrogen (secondary N) is 3. The molecular formula is C34H42N6O4. The Labute approximate surface area is 258 Å². The molecule has 2 aromatic heterocycles. The first kappa shape index (κ1) is 30.8. The molecule has 2 atom stereocenters. The minimum absolute atomic E-state index is 0.124. The Morgan fingerprint density at radius 3 is 2.57 bits per heavy atom. The second kappa shape index (κ2) is 12.2. The van der Waals surface area contributed by atoms with Gasteiger partial charge >= 0.3 is 6.09 Å². The number of hydrogen-bond acceptors (Lipinski definition) is 7. The quantitative estimate of drug-likeness (QED) is 0.202. The van der Waals surface area contributed by atoms with E-state index in [4.69, 9.17) is 9.47 Å². The number of nitrogens with zero attached hydrogens (tertiary/aromatic N) is 3. The third kappa shape index (κ3) is 7.12. The first-order chi connectivity index (χ1) is 20.8. The number of rotatable bonds is 7. The van der Waals surface area contributed by atoms with Gasteiger partial charge in [-0.05, 0) is 87.9 Å². The Kier molecular flexibility index (Phi) is 8.54. The number of H-pyrrole nitrogens is 1. The van der Waals surface area contributed by atoms with Crippen molar-refractivity contribution in [2.75, 3.05) is 17.2 Å². The predicted octanol–water partition coefficient (Wildman–Crippen LogP) is 7.42. The van der Waals surface area contributed by atoms with Gasteiger partial charge < -0.3 is 25.0 Å². The van der Waals surface area contributed by atoms with E-state index in [9.17, 15) is 9.59 Å². The highest BCUT2D eigenvalue weighted by Crippen LogP contribution is 2.36. The minimum Gasteiger partial charge on any atom is -0.488 e. The van der Waals surface area contributed by atoms with Gasteiger partial charge in [0.05, 0.1) is 23.3 Å². The van der Waals surface area contributed by atoms with Crippen molar-refractivity contribution in [2.24, 2.45) is 0 Å². The van der Waals surface area contributed by atoms with E-state index in [1.165, 1.54) is 0 Å². The van der Waals surface area contributed by atoms with Crippen molar-refractivity contribution < 1.29 is 19.1 Å². The lowest BCUT2D eigenvalue weighted by Gasteiger charge is -2.33. The third-order valence-corrected chi connectivity index (χ3v) is 7.59. The summed E-state index contributed by atoms with van der Waals surface area (Å²) in [5, 5.41) is 14.3. The van der Waals surface area contributed by atoms with Crippen LogP contribution in [0.5, 0.6) is 5.75 Å². The zero-order chi connectivity index (χ0) is 31.6. The lowest BCUT2D eigenvalue weighted by atomic mass is 9.86. The second-order valence-electron chi connectivity index (χ2n) is 13.3. The molecule has 3 heterocycles. The van der Waals surface area contributed by atoms with Gasteiger partial charge in [0.2, 0.25) is 0 Å². The zero-order valence-electron chi connectivity index (χ0n) is 26.5. The normalized spacial score (nSPS) is 16.1. The van der Waals surface area contributed by atoms with Crippen LogP contribution in [0.25, 0.3) is 10.9 Å². The molecule has 5 rings (SSSR count). The molecule has 1 fully saturated rings. The molecule has 232 valence electrons. The number of benzene rings is 2. The van der Waals surface area contributed by atoms with E-state index in [-0.39, 0.29) is 29.6 Å². The maximum Gasteiger partial charge on any atom is 0.410 e. The first-order valence-corrected chi connectivity index (χ1v) is 15.1. The van der Waals surface area contributed by atoms with Crippen molar-refractivity contribution in [3.63, 3.8) is 0 Å². The van der Waals surface area contributed by atoms with E-state index in [0.29, 0.717) is 29.4 Å². The lowest BCUT2D eigenvalue weighted by Crippen LogP contribution is -2.46. The summed E-state index contributed by atoms with van der Waals surface area (Å²) < 4.78 is 12.3. The Hall–Kier alpha value is -4.60. The van der Waals surface area contributed by atoms with Crippen LogP contribution in [0.2, 0.25) is 0 Å². The fraction of sp³-hybridized carbons (Fsp3) is 0.412. The van der Waals surface area contributed by atoms with Crippen molar-refractivity contribution in [1.29, 1.82) is 0 Å². The summed E-state index contributed by atoms with van der Waals surface area (Å²) >= 11 is 0. The number of hydrogen-bond donors (Lipinski definition) is 3. The Morgan fingerprint density at radius 1 is 1.05 bits per heavy atom. The van der Waals surface area contributed by atoms with Gasteiger partial charge in [0, 0.05) is 35.6 Å². The van der Waals surface area contributed by atoms with Crippen molar-refractivity contribution in [2.45, 2.75) is 84.5 Å².